The second-order valence-corrected chi connectivity index (χ2v) is 14.7. The Labute approximate surface area is 345 Å². The lowest BCUT2D eigenvalue weighted by Gasteiger charge is -2.22. The van der Waals surface area contributed by atoms with Gasteiger partial charge in [0.2, 0.25) is 11.6 Å². The zero-order valence-corrected chi connectivity index (χ0v) is 33.4. The highest BCUT2D eigenvalue weighted by molar-refractivity contribution is 6.14. The summed E-state index contributed by atoms with van der Waals surface area (Å²) in [7, 11) is 0. The Bertz CT molecular complexity index is 2770. The molecule has 0 saturated carbocycles. The van der Waals surface area contributed by atoms with Crippen LogP contribution in [-0.4, -0.2) is 31.5 Å². The highest BCUT2D eigenvalue weighted by Crippen LogP contribution is 2.37. The van der Waals surface area contributed by atoms with E-state index in [-0.39, 0.29) is 11.6 Å². The van der Waals surface area contributed by atoms with E-state index in [0.29, 0.717) is 76.7 Å². The molecule has 6 heteroatoms. The first-order chi connectivity index (χ1) is 28.8. The summed E-state index contributed by atoms with van der Waals surface area (Å²) in [6.45, 7) is 12.2. The van der Waals surface area contributed by atoms with Crippen LogP contribution >= 0.6 is 0 Å². The largest absolute Gasteiger partial charge is 0.287 e. The second-order valence-electron chi connectivity index (χ2n) is 14.7. The lowest BCUT2D eigenvalue weighted by Crippen LogP contribution is -2.19. The SMILES string of the molecule is C=CC=C(CC)c1cc(C(=C)C=CC)nc2c1CCC(=Cc1cccc(-c3cccc(C=C4CCc5c(-c6ccccc6)cc(-c6ccccc6)nc5C4=O)n3)n1)C2=O. The molecule has 4 heterocycles. The number of benzene rings is 2. The van der Waals surface area contributed by atoms with Crippen LogP contribution in [0.3, 0.4) is 0 Å². The van der Waals surface area contributed by atoms with E-state index in [1.54, 1.807) is 6.08 Å². The molecule has 2 aliphatic carbocycles. The number of allylic oxidation sites excluding steroid dienone is 8. The minimum Gasteiger partial charge on any atom is -0.287 e. The Hall–Kier alpha value is -7.18. The third-order valence-corrected chi connectivity index (χ3v) is 10.9. The fraction of sp³-hybridized carbons (Fsp3) is 0.132. The molecule has 0 saturated heterocycles. The summed E-state index contributed by atoms with van der Waals surface area (Å²) < 4.78 is 0. The van der Waals surface area contributed by atoms with E-state index < -0.39 is 0 Å². The van der Waals surface area contributed by atoms with Crippen molar-refractivity contribution in [2.24, 2.45) is 0 Å². The van der Waals surface area contributed by atoms with Gasteiger partial charge in [-0.2, -0.15) is 0 Å². The van der Waals surface area contributed by atoms with Gasteiger partial charge in [-0.15, -0.1) is 0 Å². The molecule has 0 bridgehead atoms. The highest BCUT2D eigenvalue weighted by atomic mass is 16.1. The second kappa shape index (κ2) is 17.1. The van der Waals surface area contributed by atoms with Crippen LogP contribution in [0.4, 0.5) is 0 Å². The standard InChI is InChI=1S/C53H44N4O2/c1-5-16-34(4)48-32-44(35(7-3)17-6-2)42-28-26-38(52(58)50(42)56-48)30-40-22-14-24-46(54-40)47-25-15-23-41(55-47)31-39-27-29-43-45(36-18-10-8-11-19-36)33-49(57-51(43)53(39)59)37-20-12-9-13-21-37/h5-6,8-25,30-33H,2,4,7,26-29H2,1,3H3. The van der Waals surface area contributed by atoms with Gasteiger partial charge < -0.3 is 0 Å². The predicted octanol–water partition coefficient (Wildman–Crippen LogP) is 12.3. The first-order valence-electron chi connectivity index (χ1n) is 20.1. The number of pyridine rings is 4. The number of rotatable bonds is 10. The Morgan fingerprint density at radius 2 is 1.22 bits per heavy atom. The number of Topliss-reactive ketones (excluding diaryl/α,β-unsaturated/α-hetero) is 2. The molecule has 6 aromatic rings. The van der Waals surface area contributed by atoms with Crippen molar-refractivity contribution in [3.05, 3.63) is 203 Å². The number of aromatic nitrogens is 4. The molecule has 0 fully saturated rings. The van der Waals surface area contributed by atoms with Crippen molar-refractivity contribution < 1.29 is 9.59 Å². The Morgan fingerprint density at radius 1 is 0.644 bits per heavy atom. The number of carbonyl (C=O) groups excluding carboxylic acids is 2. The number of hydrogen-bond donors (Lipinski definition) is 0. The molecule has 0 spiro atoms. The van der Waals surface area contributed by atoms with E-state index in [1.807, 2.05) is 128 Å². The maximum atomic E-state index is 14.2. The molecule has 288 valence electrons. The van der Waals surface area contributed by atoms with E-state index in [4.69, 9.17) is 19.9 Å². The summed E-state index contributed by atoms with van der Waals surface area (Å²) in [5, 5.41) is 0. The third-order valence-electron chi connectivity index (χ3n) is 10.9. The van der Waals surface area contributed by atoms with E-state index >= 15 is 0 Å². The summed E-state index contributed by atoms with van der Waals surface area (Å²) in [6, 6.07) is 35.8. The number of carbonyl (C=O) groups is 2. The van der Waals surface area contributed by atoms with Gasteiger partial charge in [0.15, 0.2) is 0 Å². The third kappa shape index (κ3) is 8.03. The Kier molecular flexibility index (Phi) is 11.2. The van der Waals surface area contributed by atoms with E-state index in [1.165, 1.54) is 0 Å². The quantitative estimate of drug-likeness (QED) is 0.102. The van der Waals surface area contributed by atoms with Gasteiger partial charge >= 0.3 is 0 Å². The number of hydrogen-bond acceptors (Lipinski definition) is 6. The number of ketones is 2. The Morgan fingerprint density at radius 3 is 1.80 bits per heavy atom. The molecule has 2 aromatic carbocycles. The first kappa shape index (κ1) is 38.7. The molecule has 0 aliphatic heterocycles. The zero-order valence-electron chi connectivity index (χ0n) is 33.4. The van der Waals surface area contributed by atoms with Gasteiger partial charge in [-0.05, 0) is 127 Å². The van der Waals surface area contributed by atoms with Crippen molar-refractivity contribution in [1.29, 1.82) is 0 Å². The van der Waals surface area contributed by atoms with Crippen LogP contribution in [0, 0.1) is 0 Å². The summed E-state index contributed by atoms with van der Waals surface area (Å²) in [5.74, 6) is -0.183. The average molecular weight is 769 g/mol. The molecule has 8 rings (SSSR count). The molecular weight excluding hydrogens is 725 g/mol. The molecule has 0 unspecified atom stereocenters. The summed E-state index contributed by atoms with van der Waals surface area (Å²) in [5.41, 5.74) is 14.2. The van der Waals surface area contributed by atoms with Gasteiger partial charge in [-0.25, -0.2) is 19.9 Å². The molecule has 6 nitrogen and oxygen atoms in total. The van der Waals surface area contributed by atoms with Gasteiger partial charge in [-0.1, -0.05) is 117 Å². The summed E-state index contributed by atoms with van der Waals surface area (Å²) in [4.78, 5) is 48.1. The molecule has 0 N–H and O–H groups in total. The van der Waals surface area contributed by atoms with Crippen molar-refractivity contribution in [2.75, 3.05) is 0 Å². The summed E-state index contributed by atoms with van der Waals surface area (Å²) in [6.07, 6.45) is 14.7. The number of nitrogens with zero attached hydrogens (tertiary/aromatic N) is 4. The van der Waals surface area contributed by atoms with Gasteiger partial charge in [0.1, 0.15) is 11.4 Å². The molecule has 4 aromatic heterocycles. The van der Waals surface area contributed by atoms with E-state index in [2.05, 4.69) is 38.3 Å². The molecule has 59 heavy (non-hydrogen) atoms. The lowest BCUT2D eigenvalue weighted by atomic mass is 9.84. The van der Waals surface area contributed by atoms with Crippen LogP contribution < -0.4 is 0 Å². The smallest absolute Gasteiger partial charge is 0.207 e. The van der Waals surface area contributed by atoms with Crippen LogP contribution in [0.5, 0.6) is 0 Å². The first-order valence-corrected chi connectivity index (χ1v) is 20.1. The van der Waals surface area contributed by atoms with E-state index in [0.717, 1.165) is 56.6 Å². The molecule has 0 radical (unpaired) electrons. The molecule has 0 atom stereocenters. The van der Waals surface area contributed by atoms with Crippen LogP contribution in [0.15, 0.2) is 158 Å². The molecule has 0 amide bonds. The topological polar surface area (TPSA) is 85.7 Å². The van der Waals surface area contributed by atoms with Crippen molar-refractivity contribution >= 4 is 34.9 Å². The molecular formula is C53H44N4O2. The minimum atomic E-state index is -0.101. The monoisotopic (exact) mass is 768 g/mol. The fourth-order valence-corrected chi connectivity index (χ4v) is 7.97. The van der Waals surface area contributed by atoms with Crippen molar-refractivity contribution in [2.45, 2.75) is 46.0 Å². The average Bonchev–Trinajstić information content (AvgIpc) is 3.28. The van der Waals surface area contributed by atoms with Crippen LogP contribution in [0.1, 0.15) is 87.9 Å². The van der Waals surface area contributed by atoms with Crippen LogP contribution in [0.25, 0.3) is 57.1 Å². The van der Waals surface area contributed by atoms with Crippen molar-refractivity contribution in [3.8, 4) is 33.8 Å². The molecule has 2 aliphatic rings. The normalized spacial score (nSPS) is 15.4. The van der Waals surface area contributed by atoms with Crippen molar-refractivity contribution in [1.82, 2.24) is 19.9 Å². The van der Waals surface area contributed by atoms with Crippen LogP contribution in [0.2, 0.25) is 0 Å². The van der Waals surface area contributed by atoms with E-state index in [9.17, 15) is 9.59 Å². The summed E-state index contributed by atoms with van der Waals surface area (Å²) >= 11 is 0. The highest BCUT2D eigenvalue weighted by Gasteiger charge is 2.29. The number of fused-ring (bicyclic) bond motifs is 2. The fourth-order valence-electron chi connectivity index (χ4n) is 7.97. The van der Waals surface area contributed by atoms with Crippen molar-refractivity contribution in [3.63, 3.8) is 0 Å². The minimum absolute atomic E-state index is 0.0820. The Balaban J connectivity index is 1.09. The van der Waals surface area contributed by atoms with Gasteiger partial charge in [0, 0.05) is 16.7 Å². The maximum absolute atomic E-state index is 14.2. The van der Waals surface area contributed by atoms with Crippen LogP contribution in [-0.2, 0) is 12.8 Å². The van der Waals surface area contributed by atoms with Gasteiger partial charge in [0.25, 0.3) is 0 Å². The maximum Gasteiger partial charge on any atom is 0.207 e. The zero-order chi connectivity index (χ0) is 40.9. The lowest BCUT2D eigenvalue weighted by molar-refractivity contribution is 0.101. The van der Waals surface area contributed by atoms with Gasteiger partial charge in [-0.3, -0.25) is 9.59 Å². The predicted molar refractivity (Wildman–Crippen MR) is 240 cm³/mol. The van der Waals surface area contributed by atoms with Gasteiger partial charge in [0.05, 0.1) is 34.2 Å².